The maximum Gasteiger partial charge on any atom is 0.410 e. The van der Waals surface area contributed by atoms with Crippen molar-refractivity contribution in [1.82, 2.24) is 4.90 Å². The fourth-order valence-electron chi connectivity index (χ4n) is 3.04. The first-order valence-corrected chi connectivity index (χ1v) is 10.8. The molecule has 5 heteroatoms. The van der Waals surface area contributed by atoms with Gasteiger partial charge in [0.05, 0.1) is 0 Å². The van der Waals surface area contributed by atoms with Crippen LogP contribution >= 0.6 is 11.8 Å². The van der Waals surface area contributed by atoms with E-state index in [9.17, 15) is 4.79 Å². The molecule has 2 aromatic rings. The van der Waals surface area contributed by atoms with Gasteiger partial charge < -0.3 is 14.4 Å². The lowest BCUT2D eigenvalue weighted by Crippen LogP contribution is -2.38. The Labute approximate surface area is 172 Å². The van der Waals surface area contributed by atoms with E-state index in [1.165, 1.54) is 11.1 Å². The Balaban J connectivity index is 1.58. The number of hydrogen-bond acceptors (Lipinski definition) is 4. The summed E-state index contributed by atoms with van der Waals surface area (Å²) in [5.74, 6) is 2.59. The van der Waals surface area contributed by atoms with E-state index in [-0.39, 0.29) is 6.09 Å². The Morgan fingerprint density at radius 1 is 1.00 bits per heavy atom. The first-order chi connectivity index (χ1) is 13.3. The summed E-state index contributed by atoms with van der Waals surface area (Å²) in [7, 11) is 0. The average molecular weight is 400 g/mol. The van der Waals surface area contributed by atoms with Gasteiger partial charge in [0.2, 0.25) is 0 Å². The summed E-state index contributed by atoms with van der Waals surface area (Å²) >= 11 is 1.90. The number of nitrogens with zero attached hydrogens (tertiary/aromatic N) is 1. The van der Waals surface area contributed by atoms with Crippen LogP contribution in [0.2, 0.25) is 0 Å². The fourth-order valence-corrected chi connectivity index (χ4v) is 4.27. The first-order valence-electron chi connectivity index (χ1n) is 9.74. The zero-order valence-corrected chi connectivity index (χ0v) is 17.9. The van der Waals surface area contributed by atoms with E-state index in [0.29, 0.717) is 11.8 Å². The second kappa shape index (κ2) is 8.91. The number of carbonyl (C=O) groups is 1. The number of aryl methyl sites for hydroxylation is 1. The molecule has 1 heterocycles. The summed E-state index contributed by atoms with van der Waals surface area (Å²) < 4.78 is 11.4. The van der Waals surface area contributed by atoms with E-state index < -0.39 is 5.60 Å². The van der Waals surface area contributed by atoms with E-state index >= 15 is 0 Å². The normalized spacial score (nSPS) is 17.7. The molecule has 0 N–H and O–H groups in total. The van der Waals surface area contributed by atoms with Crippen molar-refractivity contribution in [2.45, 2.75) is 45.0 Å². The molecule has 0 aliphatic carbocycles. The van der Waals surface area contributed by atoms with Crippen LogP contribution in [0.3, 0.4) is 0 Å². The van der Waals surface area contributed by atoms with Gasteiger partial charge in [-0.2, -0.15) is 11.8 Å². The molecular weight excluding hydrogens is 370 g/mol. The topological polar surface area (TPSA) is 38.8 Å². The molecule has 28 heavy (non-hydrogen) atoms. The maximum atomic E-state index is 12.3. The Bertz CT molecular complexity index is 781. The summed E-state index contributed by atoms with van der Waals surface area (Å²) in [6, 6.07) is 16.4. The monoisotopic (exact) mass is 399 g/mol. The molecule has 1 amide bonds. The molecule has 150 valence electrons. The molecule has 1 unspecified atom stereocenters. The molecule has 2 aromatic carbocycles. The van der Waals surface area contributed by atoms with Crippen LogP contribution in [0.25, 0.3) is 0 Å². The number of thioether (sulfide) groups is 1. The van der Waals surface area contributed by atoms with Gasteiger partial charge >= 0.3 is 6.09 Å². The Morgan fingerprint density at radius 3 is 2.21 bits per heavy atom. The van der Waals surface area contributed by atoms with Crippen molar-refractivity contribution >= 4 is 17.9 Å². The molecule has 0 saturated carbocycles. The number of rotatable bonds is 3. The van der Waals surface area contributed by atoms with Crippen LogP contribution in [0.5, 0.6) is 11.5 Å². The molecule has 1 fully saturated rings. The molecule has 3 rings (SSSR count). The maximum absolute atomic E-state index is 12.3. The van der Waals surface area contributed by atoms with E-state index in [4.69, 9.17) is 9.47 Å². The fraction of sp³-hybridized carbons (Fsp3) is 0.435. The quantitative estimate of drug-likeness (QED) is 0.616. The second-order valence-electron chi connectivity index (χ2n) is 8.10. The van der Waals surface area contributed by atoms with Gasteiger partial charge in [0, 0.05) is 24.1 Å². The van der Waals surface area contributed by atoms with E-state index in [2.05, 4.69) is 19.1 Å². The molecule has 0 aromatic heterocycles. The number of amides is 1. The first kappa shape index (κ1) is 20.6. The lowest BCUT2D eigenvalue weighted by molar-refractivity contribution is 0.0263. The highest BCUT2D eigenvalue weighted by atomic mass is 32.2. The molecule has 0 spiro atoms. The third-order valence-corrected chi connectivity index (χ3v) is 5.83. The van der Waals surface area contributed by atoms with Crippen molar-refractivity contribution in [3.63, 3.8) is 0 Å². The smallest absolute Gasteiger partial charge is 0.410 e. The lowest BCUT2D eigenvalue weighted by atomic mass is 10.1. The molecule has 1 atom stereocenters. The third kappa shape index (κ3) is 5.93. The Hall–Kier alpha value is -2.14. The minimum absolute atomic E-state index is 0.212. The molecule has 1 aliphatic rings. The standard InChI is InChI=1S/C23H29NO3S/c1-17-5-9-19(10-6-17)26-20-11-7-18(8-12-20)21-13-14-24(15-16-28-21)22(25)27-23(2,3)4/h5-12,21H,13-16H2,1-4H3. The second-order valence-corrected chi connectivity index (χ2v) is 9.41. The van der Waals surface area contributed by atoms with Gasteiger partial charge in [-0.05, 0) is 63.9 Å². The predicted molar refractivity (Wildman–Crippen MR) is 115 cm³/mol. The zero-order chi connectivity index (χ0) is 20.1. The number of benzene rings is 2. The average Bonchev–Trinajstić information content (AvgIpc) is 2.89. The molecule has 0 radical (unpaired) electrons. The minimum atomic E-state index is -0.455. The van der Waals surface area contributed by atoms with Crippen LogP contribution in [0.4, 0.5) is 4.79 Å². The van der Waals surface area contributed by atoms with Crippen molar-refractivity contribution in [3.05, 3.63) is 59.7 Å². The zero-order valence-electron chi connectivity index (χ0n) is 17.1. The highest BCUT2D eigenvalue weighted by molar-refractivity contribution is 7.99. The van der Waals surface area contributed by atoms with Gasteiger partial charge in [-0.25, -0.2) is 4.79 Å². The summed E-state index contributed by atoms with van der Waals surface area (Å²) in [5, 5.41) is 0.376. The molecule has 0 bridgehead atoms. The van der Waals surface area contributed by atoms with Crippen LogP contribution in [0.15, 0.2) is 48.5 Å². The van der Waals surface area contributed by atoms with Gasteiger partial charge in [0.25, 0.3) is 0 Å². The van der Waals surface area contributed by atoms with Crippen LogP contribution in [0, 0.1) is 6.92 Å². The summed E-state index contributed by atoms with van der Waals surface area (Å²) in [6.07, 6.45) is 0.706. The number of carbonyl (C=O) groups excluding carboxylic acids is 1. The molecule has 1 saturated heterocycles. The third-order valence-electron chi connectivity index (χ3n) is 4.50. The minimum Gasteiger partial charge on any atom is -0.457 e. The van der Waals surface area contributed by atoms with Crippen molar-refractivity contribution in [2.75, 3.05) is 18.8 Å². The number of ether oxygens (including phenoxy) is 2. The van der Waals surface area contributed by atoms with Crippen molar-refractivity contribution in [3.8, 4) is 11.5 Å². The highest BCUT2D eigenvalue weighted by Crippen LogP contribution is 2.35. The van der Waals surface area contributed by atoms with Crippen molar-refractivity contribution in [1.29, 1.82) is 0 Å². The lowest BCUT2D eigenvalue weighted by Gasteiger charge is -2.26. The van der Waals surface area contributed by atoms with Gasteiger partial charge in [0.15, 0.2) is 0 Å². The van der Waals surface area contributed by atoms with E-state index in [0.717, 1.165) is 30.2 Å². The number of hydrogen-bond donors (Lipinski definition) is 0. The molecule has 1 aliphatic heterocycles. The van der Waals surface area contributed by atoms with Gasteiger partial charge in [0.1, 0.15) is 17.1 Å². The van der Waals surface area contributed by atoms with Gasteiger partial charge in [-0.15, -0.1) is 0 Å². The van der Waals surface area contributed by atoms with Gasteiger partial charge in [-0.3, -0.25) is 0 Å². The Morgan fingerprint density at radius 2 is 1.61 bits per heavy atom. The molecular formula is C23H29NO3S. The van der Waals surface area contributed by atoms with Gasteiger partial charge in [-0.1, -0.05) is 29.8 Å². The van der Waals surface area contributed by atoms with E-state index in [1.807, 2.05) is 73.8 Å². The highest BCUT2D eigenvalue weighted by Gasteiger charge is 2.26. The Kier molecular flexibility index (Phi) is 6.55. The molecule has 4 nitrogen and oxygen atoms in total. The summed E-state index contributed by atoms with van der Waals surface area (Å²) in [4.78, 5) is 14.2. The van der Waals surface area contributed by atoms with Crippen LogP contribution in [-0.4, -0.2) is 35.4 Å². The van der Waals surface area contributed by atoms with Crippen LogP contribution < -0.4 is 4.74 Å². The van der Waals surface area contributed by atoms with E-state index in [1.54, 1.807) is 0 Å². The van der Waals surface area contributed by atoms with Crippen LogP contribution in [-0.2, 0) is 4.74 Å². The SMILES string of the molecule is Cc1ccc(Oc2ccc(C3CCN(C(=O)OC(C)(C)C)CCS3)cc2)cc1. The largest absolute Gasteiger partial charge is 0.457 e. The summed E-state index contributed by atoms with van der Waals surface area (Å²) in [5.41, 5.74) is 2.03. The predicted octanol–water partition coefficient (Wildman–Crippen LogP) is 6.20. The summed E-state index contributed by atoms with van der Waals surface area (Å²) in [6.45, 7) is 9.22. The van der Waals surface area contributed by atoms with Crippen molar-refractivity contribution in [2.24, 2.45) is 0 Å². The van der Waals surface area contributed by atoms with Crippen molar-refractivity contribution < 1.29 is 14.3 Å². The van der Waals surface area contributed by atoms with Crippen LogP contribution in [0.1, 0.15) is 43.6 Å².